The van der Waals surface area contributed by atoms with E-state index in [1.807, 2.05) is 30.3 Å². The highest BCUT2D eigenvalue weighted by atomic mass is 16.6. The van der Waals surface area contributed by atoms with Gasteiger partial charge in [-0.25, -0.2) is 0 Å². The molecule has 1 aliphatic rings. The minimum Gasteiger partial charge on any atom is -0.494 e. The molecule has 5 nitrogen and oxygen atoms in total. The van der Waals surface area contributed by atoms with Crippen LogP contribution in [0.1, 0.15) is 35.7 Å². The van der Waals surface area contributed by atoms with Crippen molar-refractivity contribution in [3.63, 3.8) is 0 Å². The Hall–Kier alpha value is -2.69. The molecule has 0 saturated heterocycles. The molecule has 132 valence electrons. The van der Waals surface area contributed by atoms with Gasteiger partial charge in [0.2, 0.25) is 0 Å². The molecule has 1 aliphatic heterocycles. The second kappa shape index (κ2) is 8.42. The minimum absolute atomic E-state index is 0.116. The summed E-state index contributed by atoms with van der Waals surface area (Å²) in [5, 5.41) is 2.92. The monoisotopic (exact) mass is 341 g/mol. The van der Waals surface area contributed by atoms with Crippen LogP contribution in [0.2, 0.25) is 0 Å². The molecule has 0 atom stereocenters. The molecule has 2 aromatic rings. The molecule has 0 radical (unpaired) electrons. The minimum atomic E-state index is -0.116. The highest BCUT2D eigenvalue weighted by Gasteiger charge is 2.12. The Morgan fingerprint density at radius 1 is 1.08 bits per heavy atom. The molecule has 0 bridgehead atoms. The van der Waals surface area contributed by atoms with Gasteiger partial charge in [-0.2, -0.15) is 0 Å². The molecule has 0 unspecified atom stereocenters. The van der Waals surface area contributed by atoms with Gasteiger partial charge in [0.15, 0.2) is 11.5 Å². The van der Waals surface area contributed by atoms with Gasteiger partial charge in [-0.05, 0) is 48.4 Å². The number of ether oxygens (including phenoxy) is 3. The van der Waals surface area contributed by atoms with Crippen LogP contribution >= 0.6 is 0 Å². The number of carbonyl (C=O) groups is 1. The van der Waals surface area contributed by atoms with E-state index in [0.717, 1.165) is 35.7 Å². The topological polar surface area (TPSA) is 56.8 Å². The fourth-order valence-electron chi connectivity index (χ4n) is 2.52. The Balaban J connectivity index is 1.53. The highest BCUT2D eigenvalue weighted by molar-refractivity contribution is 5.94. The lowest BCUT2D eigenvalue weighted by Gasteiger charge is -2.19. The SMILES string of the molecule is CCCCOc1ccc(C(=O)NCc2ccc3c(c2)OCCO3)cc1. The van der Waals surface area contributed by atoms with E-state index in [1.165, 1.54) is 0 Å². The molecule has 1 amide bonds. The first kappa shape index (κ1) is 17.1. The number of hydrogen-bond acceptors (Lipinski definition) is 4. The van der Waals surface area contributed by atoms with Crippen molar-refractivity contribution in [1.82, 2.24) is 5.32 Å². The normalized spacial score (nSPS) is 12.5. The van der Waals surface area contributed by atoms with E-state index in [-0.39, 0.29) is 5.91 Å². The van der Waals surface area contributed by atoms with E-state index in [0.29, 0.717) is 31.9 Å². The summed E-state index contributed by atoms with van der Waals surface area (Å²) < 4.78 is 16.7. The van der Waals surface area contributed by atoms with E-state index in [2.05, 4.69) is 12.2 Å². The first-order valence-electron chi connectivity index (χ1n) is 8.66. The number of fused-ring (bicyclic) bond motifs is 1. The predicted molar refractivity (Wildman–Crippen MR) is 95.4 cm³/mol. The Morgan fingerprint density at radius 2 is 1.84 bits per heavy atom. The summed E-state index contributed by atoms with van der Waals surface area (Å²) in [5.74, 6) is 2.15. The van der Waals surface area contributed by atoms with Crippen molar-refractivity contribution in [2.24, 2.45) is 0 Å². The van der Waals surface area contributed by atoms with Crippen LogP contribution in [0.3, 0.4) is 0 Å². The van der Waals surface area contributed by atoms with Crippen molar-refractivity contribution in [3.8, 4) is 17.2 Å². The summed E-state index contributed by atoms with van der Waals surface area (Å²) in [6, 6.07) is 12.9. The van der Waals surface area contributed by atoms with Gasteiger partial charge in [0.25, 0.3) is 5.91 Å². The van der Waals surface area contributed by atoms with E-state index in [9.17, 15) is 4.79 Å². The van der Waals surface area contributed by atoms with Gasteiger partial charge in [0.1, 0.15) is 19.0 Å². The van der Waals surface area contributed by atoms with Crippen molar-refractivity contribution in [2.45, 2.75) is 26.3 Å². The maximum absolute atomic E-state index is 12.3. The van der Waals surface area contributed by atoms with Gasteiger partial charge in [0, 0.05) is 12.1 Å². The maximum atomic E-state index is 12.3. The summed E-state index contributed by atoms with van der Waals surface area (Å²) in [5.41, 5.74) is 1.58. The number of rotatable bonds is 7. The van der Waals surface area contributed by atoms with Crippen molar-refractivity contribution >= 4 is 5.91 Å². The first-order valence-corrected chi connectivity index (χ1v) is 8.66. The smallest absolute Gasteiger partial charge is 0.251 e. The van der Waals surface area contributed by atoms with Gasteiger partial charge in [-0.15, -0.1) is 0 Å². The van der Waals surface area contributed by atoms with Crippen LogP contribution in [0.15, 0.2) is 42.5 Å². The van der Waals surface area contributed by atoms with Crippen molar-refractivity contribution in [1.29, 1.82) is 0 Å². The molecular weight excluding hydrogens is 318 g/mol. The molecule has 2 aromatic carbocycles. The molecule has 0 aliphatic carbocycles. The molecule has 1 heterocycles. The number of unbranched alkanes of at least 4 members (excludes halogenated alkanes) is 1. The van der Waals surface area contributed by atoms with Crippen molar-refractivity contribution in [2.75, 3.05) is 19.8 Å². The lowest BCUT2D eigenvalue weighted by Crippen LogP contribution is -2.23. The molecule has 25 heavy (non-hydrogen) atoms. The third-order valence-corrected chi connectivity index (χ3v) is 3.94. The average molecular weight is 341 g/mol. The second-order valence-corrected chi connectivity index (χ2v) is 5.89. The number of hydrogen-bond donors (Lipinski definition) is 1. The summed E-state index contributed by atoms with van der Waals surface area (Å²) in [4.78, 5) is 12.3. The zero-order valence-corrected chi connectivity index (χ0v) is 14.4. The number of nitrogens with one attached hydrogen (secondary N) is 1. The summed E-state index contributed by atoms with van der Waals surface area (Å²) in [6.07, 6.45) is 2.12. The van der Waals surface area contributed by atoms with Gasteiger partial charge in [-0.1, -0.05) is 19.4 Å². The van der Waals surface area contributed by atoms with Gasteiger partial charge < -0.3 is 19.5 Å². The molecular formula is C20H23NO4. The molecule has 0 spiro atoms. The quantitative estimate of drug-likeness (QED) is 0.782. The Bertz CT molecular complexity index is 712. The molecule has 0 aromatic heterocycles. The molecule has 0 saturated carbocycles. The van der Waals surface area contributed by atoms with E-state index < -0.39 is 0 Å². The average Bonchev–Trinajstić information content (AvgIpc) is 2.66. The molecule has 0 fully saturated rings. The summed E-state index contributed by atoms with van der Waals surface area (Å²) in [7, 11) is 0. The van der Waals surface area contributed by atoms with Crippen LogP contribution in [0.4, 0.5) is 0 Å². The lowest BCUT2D eigenvalue weighted by atomic mass is 10.1. The molecule has 3 rings (SSSR count). The molecule has 1 N–H and O–H groups in total. The zero-order valence-electron chi connectivity index (χ0n) is 14.4. The van der Waals surface area contributed by atoms with Gasteiger partial charge in [-0.3, -0.25) is 4.79 Å². The fourth-order valence-corrected chi connectivity index (χ4v) is 2.52. The van der Waals surface area contributed by atoms with Crippen LogP contribution in [-0.2, 0) is 6.54 Å². The van der Waals surface area contributed by atoms with Crippen LogP contribution in [-0.4, -0.2) is 25.7 Å². The fraction of sp³-hybridized carbons (Fsp3) is 0.350. The van der Waals surface area contributed by atoms with Crippen LogP contribution in [0, 0.1) is 0 Å². The largest absolute Gasteiger partial charge is 0.494 e. The maximum Gasteiger partial charge on any atom is 0.251 e. The van der Waals surface area contributed by atoms with E-state index in [1.54, 1.807) is 12.1 Å². The number of carbonyl (C=O) groups excluding carboxylic acids is 1. The first-order chi connectivity index (χ1) is 12.3. The third kappa shape index (κ3) is 4.66. The van der Waals surface area contributed by atoms with Gasteiger partial charge in [0.05, 0.1) is 6.61 Å². The summed E-state index contributed by atoms with van der Waals surface area (Å²) >= 11 is 0. The number of benzene rings is 2. The number of amides is 1. The van der Waals surface area contributed by atoms with Crippen LogP contribution in [0.5, 0.6) is 17.2 Å². The standard InChI is InChI=1S/C20H23NO4/c1-2-3-10-23-17-7-5-16(6-8-17)20(22)21-14-15-4-9-18-19(13-15)25-12-11-24-18/h4-9,13H,2-3,10-12,14H2,1H3,(H,21,22). The van der Waals surface area contributed by atoms with Crippen LogP contribution < -0.4 is 19.5 Å². The zero-order chi connectivity index (χ0) is 17.5. The van der Waals surface area contributed by atoms with Crippen LogP contribution in [0.25, 0.3) is 0 Å². The van der Waals surface area contributed by atoms with E-state index >= 15 is 0 Å². The predicted octanol–water partition coefficient (Wildman–Crippen LogP) is 3.57. The Morgan fingerprint density at radius 3 is 2.60 bits per heavy atom. The highest BCUT2D eigenvalue weighted by Crippen LogP contribution is 2.30. The Labute approximate surface area is 147 Å². The van der Waals surface area contributed by atoms with Crippen molar-refractivity contribution < 1.29 is 19.0 Å². The molecule has 5 heteroatoms. The lowest BCUT2D eigenvalue weighted by molar-refractivity contribution is 0.0950. The summed E-state index contributed by atoms with van der Waals surface area (Å²) in [6.45, 7) is 4.38. The van der Waals surface area contributed by atoms with E-state index in [4.69, 9.17) is 14.2 Å². The van der Waals surface area contributed by atoms with Gasteiger partial charge >= 0.3 is 0 Å². The Kier molecular flexibility index (Phi) is 5.77. The van der Waals surface area contributed by atoms with Crippen molar-refractivity contribution in [3.05, 3.63) is 53.6 Å². The second-order valence-electron chi connectivity index (χ2n) is 5.89. The third-order valence-electron chi connectivity index (χ3n) is 3.94.